The van der Waals surface area contributed by atoms with Gasteiger partial charge in [-0.25, -0.2) is 16.8 Å². The van der Waals surface area contributed by atoms with E-state index in [-0.39, 0.29) is 21.2 Å². The van der Waals surface area contributed by atoms with Gasteiger partial charge in [0, 0.05) is 22.1 Å². The average Bonchev–Trinajstić information content (AvgIpc) is 3.08. The van der Waals surface area contributed by atoms with Gasteiger partial charge in [-0.3, -0.25) is 4.72 Å². The Morgan fingerprint density at radius 1 is 1.12 bits per heavy atom. The molecule has 0 unspecified atom stereocenters. The lowest BCUT2D eigenvalue weighted by atomic mass is 10.2. The molecule has 1 aliphatic heterocycles. The highest BCUT2D eigenvalue weighted by atomic mass is 35.5. The molecule has 6 nitrogen and oxygen atoms in total. The number of anilines is 1. The third-order valence-corrected chi connectivity index (χ3v) is 7.64. The Bertz CT molecular complexity index is 1210. The molecule has 0 saturated carbocycles. The van der Waals surface area contributed by atoms with Crippen molar-refractivity contribution in [3.8, 4) is 0 Å². The lowest BCUT2D eigenvalue weighted by Gasteiger charge is -2.09. The van der Waals surface area contributed by atoms with E-state index in [1.807, 2.05) is 0 Å². The summed E-state index contributed by atoms with van der Waals surface area (Å²) in [5.74, 6) is 0.0573. The monoisotopic (exact) mass is 396 g/mol. The van der Waals surface area contributed by atoms with E-state index in [1.165, 1.54) is 12.3 Å². The third kappa shape index (κ3) is 2.80. The van der Waals surface area contributed by atoms with Gasteiger partial charge < -0.3 is 4.98 Å². The first-order chi connectivity index (χ1) is 11.8. The molecule has 9 heteroatoms. The van der Waals surface area contributed by atoms with Gasteiger partial charge in [0.25, 0.3) is 10.0 Å². The van der Waals surface area contributed by atoms with E-state index >= 15 is 0 Å². The molecular formula is C16H13ClN2O4S2. The van der Waals surface area contributed by atoms with Gasteiger partial charge in [-0.05, 0) is 42.3 Å². The van der Waals surface area contributed by atoms with Crippen molar-refractivity contribution in [1.29, 1.82) is 0 Å². The number of sulfonamides is 1. The normalized spacial score (nSPS) is 16.0. The summed E-state index contributed by atoms with van der Waals surface area (Å²) < 4.78 is 51.9. The van der Waals surface area contributed by atoms with E-state index in [0.717, 1.165) is 0 Å². The van der Waals surface area contributed by atoms with Crippen LogP contribution in [0.5, 0.6) is 0 Å². The van der Waals surface area contributed by atoms with E-state index in [1.54, 1.807) is 30.3 Å². The van der Waals surface area contributed by atoms with Crippen LogP contribution in [-0.4, -0.2) is 27.6 Å². The Kier molecular flexibility index (Phi) is 3.61. The van der Waals surface area contributed by atoms with Crippen LogP contribution in [0.2, 0.25) is 5.02 Å². The quantitative estimate of drug-likeness (QED) is 0.711. The van der Waals surface area contributed by atoms with Crippen molar-refractivity contribution in [3.05, 3.63) is 53.2 Å². The fraction of sp³-hybridized carbons (Fsp3) is 0.125. The third-order valence-electron chi connectivity index (χ3n) is 4.19. The number of rotatable bonds is 3. The van der Waals surface area contributed by atoms with E-state index in [2.05, 4.69) is 9.71 Å². The smallest absolute Gasteiger partial charge is 0.264 e. The number of fused-ring (bicyclic) bond motifs is 2. The molecule has 130 valence electrons. The van der Waals surface area contributed by atoms with Crippen molar-refractivity contribution in [2.24, 2.45) is 0 Å². The topological polar surface area (TPSA) is 96.1 Å². The zero-order valence-electron chi connectivity index (χ0n) is 12.8. The first-order valence-electron chi connectivity index (χ1n) is 7.41. The number of nitrogens with one attached hydrogen (secondary N) is 2. The molecule has 0 saturated heterocycles. The van der Waals surface area contributed by atoms with Crippen LogP contribution in [0.4, 0.5) is 5.69 Å². The fourth-order valence-electron chi connectivity index (χ4n) is 2.97. The Balaban J connectivity index is 1.75. The van der Waals surface area contributed by atoms with Crippen molar-refractivity contribution in [2.45, 2.75) is 16.2 Å². The molecule has 0 fully saturated rings. The highest BCUT2D eigenvalue weighted by molar-refractivity contribution is 7.93. The maximum absolute atomic E-state index is 12.7. The van der Waals surface area contributed by atoms with Gasteiger partial charge in [0.15, 0.2) is 9.84 Å². The zero-order valence-corrected chi connectivity index (χ0v) is 15.2. The summed E-state index contributed by atoms with van der Waals surface area (Å²) in [5.41, 5.74) is 1.53. The van der Waals surface area contributed by atoms with Crippen molar-refractivity contribution in [1.82, 2.24) is 4.98 Å². The zero-order chi connectivity index (χ0) is 17.8. The number of aryl methyl sites for hydroxylation is 1. The number of aromatic amines is 1. The summed E-state index contributed by atoms with van der Waals surface area (Å²) >= 11 is 5.91. The van der Waals surface area contributed by atoms with Crippen LogP contribution in [-0.2, 0) is 26.3 Å². The second-order valence-corrected chi connectivity index (χ2v) is 10.0. The average molecular weight is 397 g/mol. The SMILES string of the molecule is O=S1(=O)CCc2ccc(NS(=O)(=O)c3c[nH]c4cc(Cl)ccc34)cc21. The Morgan fingerprint density at radius 2 is 1.92 bits per heavy atom. The number of benzene rings is 2. The number of H-pyrrole nitrogens is 1. The minimum absolute atomic E-state index is 0.0573. The molecular weight excluding hydrogens is 384 g/mol. The van der Waals surface area contributed by atoms with Crippen molar-refractivity contribution in [3.63, 3.8) is 0 Å². The summed E-state index contributed by atoms with van der Waals surface area (Å²) in [7, 11) is -7.22. The molecule has 2 N–H and O–H groups in total. The van der Waals surface area contributed by atoms with E-state index < -0.39 is 19.9 Å². The van der Waals surface area contributed by atoms with Gasteiger partial charge >= 0.3 is 0 Å². The number of hydrogen-bond donors (Lipinski definition) is 2. The molecule has 4 rings (SSSR count). The predicted molar refractivity (Wildman–Crippen MR) is 96.3 cm³/mol. The van der Waals surface area contributed by atoms with Gasteiger partial charge in [-0.15, -0.1) is 0 Å². The first-order valence-corrected chi connectivity index (χ1v) is 10.9. The number of halogens is 1. The fourth-order valence-corrected chi connectivity index (χ4v) is 5.96. The van der Waals surface area contributed by atoms with E-state index in [9.17, 15) is 16.8 Å². The van der Waals surface area contributed by atoms with Gasteiger partial charge in [0.1, 0.15) is 4.90 Å². The van der Waals surface area contributed by atoms with Crippen LogP contribution in [0.15, 0.2) is 52.4 Å². The van der Waals surface area contributed by atoms with Crippen LogP contribution in [0.3, 0.4) is 0 Å². The molecule has 0 aliphatic carbocycles. The number of sulfone groups is 1. The number of aromatic nitrogens is 1. The second-order valence-electron chi connectivity index (χ2n) is 5.84. The van der Waals surface area contributed by atoms with Crippen molar-refractivity contribution in [2.75, 3.05) is 10.5 Å². The predicted octanol–water partition coefficient (Wildman–Crippen LogP) is 2.95. The van der Waals surface area contributed by atoms with Gasteiger partial charge in [-0.1, -0.05) is 17.7 Å². The first kappa shape index (κ1) is 16.4. The lowest BCUT2D eigenvalue weighted by Crippen LogP contribution is -2.13. The largest absolute Gasteiger partial charge is 0.360 e. The van der Waals surface area contributed by atoms with Crippen molar-refractivity contribution >= 4 is 48.1 Å². The summed E-state index contributed by atoms with van der Waals surface area (Å²) in [4.78, 5) is 3.14. The molecule has 0 bridgehead atoms. The Hall–Kier alpha value is -2.03. The van der Waals surface area contributed by atoms with E-state index in [0.29, 0.717) is 27.9 Å². The van der Waals surface area contributed by atoms with Crippen LogP contribution < -0.4 is 4.72 Å². The maximum atomic E-state index is 12.7. The van der Waals surface area contributed by atoms with Crippen molar-refractivity contribution < 1.29 is 16.8 Å². The highest BCUT2D eigenvalue weighted by Gasteiger charge is 2.27. The summed E-state index contributed by atoms with van der Waals surface area (Å²) in [6.07, 6.45) is 1.83. The molecule has 0 atom stereocenters. The summed E-state index contributed by atoms with van der Waals surface area (Å²) in [6, 6.07) is 9.46. The molecule has 1 aliphatic rings. The minimum atomic E-state index is -3.88. The molecule has 2 heterocycles. The van der Waals surface area contributed by atoms with Gasteiger partial charge in [-0.2, -0.15) is 0 Å². The Morgan fingerprint density at radius 3 is 2.72 bits per heavy atom. The molecule has 2 aromatic carbocycles. The summed E-state index contributed by atoms with van der Waals surface area (Å²) in [6.45, 7) is 0. The Labute approximate surface area is 149 Å². The van der Waals surface area contributed by atoms with Crippen LogP contribution in [0.1, 0.15) is 5.56 Å². The van der Waals surface area contributed by atoms with Crippen LogP contribution >= 0.6 is 11.6 Å². The summed E-state index contributed by atoms with van der Waals surface area (Å²) in [5, 5.41) is 1.00. The molecule has 25 heavy (non-hydrogen) atoms. The van der Waals surface area contributed by atoms with Crippen LogP contribution in [0, 0.1) is 0 Å². The second kappa shape index (κ2) is 5.48. The molecule has 0 radical (unpaired) electrons. The molecule has 1 aromatic heterocycles. The van der Waals surface area contributed by atoms with Gasteiger partial charge in [0.05, 0.1) is 16.3 Å². The molecule has 0 amide bonds. The minimum Gasteiger partial charge on any atom is -0.360 e. The van der Waals surface area contributed by atoms with E-state index in [4.69, 9.17) is 11.6 Å². The lowest BCUT2D eigenvalue weighted by molar-refractivity contribution is 0.598. The number of hydrogen-bond acceptors (Lipinski definition) is 4. The molecule has 0 spiro atoms. The van der Waals surface area contributed by atoms with Crippen LogP contribution in [0.25, 0.3) is 10.9 Å². The standard InChI is InChI=1S/C16H13ClN2O4S2/c17-11-2-4-13-14(7-11)18-9-16(13)25(22,23)19-12-3-1-10-5-6-24(20,21)15(10)8-12/h1-4,7-9,18-19H,5-6H2. The highest BCUT2D eigenvalue weighted by Crippen LogP contribution is 2.31. The van der Waals surface area contributed by atoms with Gasteiger partial charge in [0.2, 0.25) is 0 Å². The maximum Gasteiger partial charge on any atom is 0.264 e. The molecule has 3 aromatic rings.